The number of para-hydroxylation sites is 2. The van der Waals surface area contributed by atoms with E-state index in [0.29, 0.717) is 12.4 Å². The zero-order chi connectivity index (χ0) is 11.7. The highest BCUT2D eigenvalue weighted by Gasteiger charge is 2.02. The van der Waals surface area contributed by atoms with E-state index in [-0.39, 0.29) is 0 Å². The lowest BCUT2D eigenvalue weighted by molar-refractivity contribution is 0.799. The Labute approximate surface area is 98.7 Å². The van der Waals surface area contributed by atoms with E-state index >= 15 is 0 Å². The molecule has 0 spiro atoms. The van der Waals surface area contributed by atoms with Gasteiger partial charge < -0.3 is 10.3 Å². The van der Waals surface area contributed by atoms with E-state index < -0.39 is 0 Å². The first kappa shape index (κ1) is 9.84. The second-order valence-electron chi connectivity index (χ2n) is 3.91. The van der Waals surface area contributed by atoms with E-state index in [1.807, 2.05) is 36.7 Å². The summed E-state index contributed by atoms with van der Waals surface area (Å²) in [5, 5.41) is 0. The highest BCUT2D eigenvalue weighted by Crippen LogP contribution is 2.13. The number of nitrogen functional groups attached to an aromatic ring is 1. The van der Waals surface area contributed by atoms with Gasteiger partial charge in [-0.15, -0.1) is 0 Å². The van der Waals surface area contributed by atoms with Crippen molar-refractivity contribution in [1.29, 1.82) is 0 Å². The maximum atomic E-state index is 5.66. The molecule has 0 aliphatic rings. The van der Waals surface area contributed by atoms with E-state index in [2.05, 4.69) is 20.6 Å². The van der Waals surface area contributed by atoms with Gasteiger partial charge in [-0.25, -0.2) is 9.97 Å². The third kappa shape index (κ3) is 1.85. The number of hydrogen-bond acceptors (Lipinski definition) is 3. The number of rotatable bonds is 2. The molecule has 0 saturated carbocycles. The van der Waals surface area contributed by atoms with Crippen molar-refractivity contribution in [3.05, 3.63) is 54.5 Å². The normalized spacial score (nSPS) is 10.8. The van der Waals surface area contributed by atoms with E-state index in [1.165, 1.54) is 0 Å². The van der Waals surface area contributed by atoms with Crippen LogP contribution in [-0.4, -0.2) is 14.5 Å². The fourth-order valence-electron chi connectivity index (χ4n) is 1.90. The molecule has 0 aliphatic carbocycles. The van der Waals surface area contributed by atoms with E-state index in [4.69, 9.17) is 5.73 Å². The summed E-state index contributed by atoms with van der Waals surface area (Å²) in [6.07, 6.45) is 1.83. The fraction of sp³-hybridized carbons (Fsp3) is 0.0769. The van der Waals surface area contributed by atoms with Gasteiger partial charge in [-0.05, 0) is 24.3 Å². The monoisotopic (exact) mass is 224 g/mol. The van der Waals surface area contributed by atoms with Gasteiger partial charge in [0.05, 0.1) is 29.6 Å². The fourth-order valence-corrected chi connectivity index (χ4v) is 1.90. The summed E-state index contributed by atoms with van der Waals surface area (Å²) in [6.45, 7) is 0.686. The van der Waals surface area contributed by atoms with Crippen LogP contribution in [0.2, 0.25) is 0 Å². The molecule has 0 radical (unpaired) electrons. The van der Waals surface area contributed by atoms with Crippen LogP contribution in [0.5, 0.6) is 0 Å². The first-order valence-corrected chi connectivity index (χ1v) is 5.44. The van der Waals surface area contributed by atoms with Crippen molar-refractivity contribution in [3.63, 3.8) is 0 Å². The van der Waals surface area contributed by atoms with Crippen molar-refractivity contribution in [2.75, 3.05) is 5.73 Å². The Morgan fingerprint density at radius 3 is 2.82 bits per heavy atom. The Hall–Kier alpha value is -2.36. The Morgan fingerprint density at radius 1 is 1.06 bits per heavy atom. The number of nitrogens with zero attached hydrogens (tertiary/aromatic N) is 3. The molecule has 1 aromatic carbocycles. The Morgan fingerprint density at radius 2 is 1.94 bits per heavy atom. The van der Waals surface area contributed by atoms with Crippen LogP contribution in [0, 0.1) is 0 Å². The third-order valence-electron chi connectivity index (χ3n) is 2.69. The lowest BCUT2D eigenvalue weighted by Gasteiger charge is -2.04. The van der Waals surface area contributed by atoms with Crippen molar-refractivity contribution in [2.45, 2.75) is 6.54 Å². The molecule has 3 rings (SSSR count). The molecule has 0 fully saturated rings. The third-order valence-corrected chi connectivity index (χ3v) is 2.69. The van der Waals surface area contributed by atoms with Crippen LogP contribution in [0.3, 0.4) is 0 Å². The molecule has 3 aromatic rings. The van der Waals surface area contributed by atoms with Crippen molar-refractivity contribution in [1.82, 2.24) is 14.5 Å². The Bertz CT molecular complexity index is 657. The molecule has 0 amide bonds. The van der Waals surface area contributed by atoms with Crippen LogP contribution in [0.25, 0.3) is 11.0 Å². The maximum absolute atomic E-state index is 5.66. The van der Waals surface area contributed by atoms with Crippen LogP contribution in [-0.2, 0) is 6.54 Å². The Kier molecular flexibility index (Phi) is 2.26. The standard InChI is InChI=1S/C13H12N4/c14-13-7-3-4-10(16-13)8-17-9-15-11-5-1-2-6-12(11)17/h1-7,9H,8H2,(H2,14,16). The van der Waals surface area contributed by atoms with Gasteiger partial charge in [0.15, 0.2) is 0 Å². The lowest BCUT2D eigenvalue weighted by atomic mass is 10.3. The Balaban J connectivity index is 2.00. The van der Waals surface area contributed by atoms with Crippen LogP contribution in [0.4, 0.5) is 5.82 Å². The number of fused-ring (bicyclic) bond motifs is 1. The number of benzene rings is 1. The van der Waals surface area contributed by atoms with Gasteiger partial charge in [0, 0.05) is 0 Å². The number of pyridine rings is 1. The highest BCUT2D eigenvalue weighted by atomic mass is 15.1. The number of hydrogen-bond donors (Lipinski definition) is 1. The first-order chi connectivity index (χ1) is 8.33. The molecule has 0 saturated heterocycles. The largest absolute Gasteiger partial charge is 0.384 e. The van der Waals surface area contributed by atoms with Crippen LogP contribution < -0.4 is 5.73 Å². The highest BCUT2D eigenvalue weighted by molar-refractivity contribution is 5.75. The number of anilines is 1. The van der Waals surface area contributed by atoms with Gasteiger partial charge in [-0.1, -0.05) is 18.2 Å². The second kappa shape index (κ2) is 3.90. The number of aromatic nitrogens is 3. The van der Waals surface area contributed by atoms with Crippen molar-refractivity contribution >= 4 is 16.9 Å². The summed E-state index contributed by atoms with van der Waals surface area (Å²) in [6, 6.07) is 13.7. The molecule has 2 aromatic heterocycles. The summed E-state index contributed by atoms with van der Waals surface area (Å²) in [5.41, 5.74) is 8.71. The molecule has 2 heterocycles. The smallest absolute Gasteiger partial charge is 0.123 e. The SMILES string of the molecule is Nc1cccc(Cn2cnc3ccccc32)n1. The van der Waals surface area contributed by atoms with E-state index in [9.17, 15) is 0 Å². The van der Waals surface area contributed by atoms with Gasteiger partial charge in [0.1, 0.15) is 5.82 Å². The topological polar surface area (TPSA) is 56.7 Å². The van der Waals surface area contributed by atoms with E-state index in [1.54, 1.807) is 6.07 Å². The van der Waals surface area contributed by atoms with Crippen molar-refractivity contribution < 1.29 is 0 Å². The predicted octanol–water partition coefficient (Wildman–Crippen LogP) is 2.06. The van der Waals surface area contributed by atoms with Crippen molar-refractivity contribution in [2.24, 2.45) is 0 Å². The van der Waals surface area contributed by atoms with Crippen LogP contribution >= 0.6 is 0 Å². The minimum Gasteiger partial charge on any atom is -0.384 e. The summed E-state index contributed by atoms with van der Waals surface area (Å²) in [4.78, 5) is 8.63. The average molecular weight is 224 g/mol. The minimum atomic E-state index is 0.548. The quantitative estimate of drug-likeness (QED) is 0.724. The molecule has 17 heavy (non-hydrogen) atoms. The molecule has 0 aliphatic heterocycles. The van der Waals surface area contributed by atoms with Gasteiger partial charge >= 0.3 is 0 Å². The first-order valence-electron chi connectivity index (χ1n) is 5.44. The van der Waals surface area contributed by atoms with Crippen LogP contribution in [0.15, 0.2) is 48.8 Å². The molecule has 0 bridgehead atoms. The second-order valence-corrected chi connectivity index (χ2v) is 3.91. The number of nitrogens with two attached hydrogens (primary N) is 1. The molecule has 84 valence electrons. The van der Waals surface area contributed by atoms with Gasteiger partial charge in [0.25, 0.3) is 0 Å². The summed E-state index contributed by atoms with van der Waals surface area (Å²) in [7, 11) is 0. The van der Waals surface area contributed by atoms with E-state index in [0.717, 1.165) is 16.7 Å². The zero-order valence-corrected chi connectivity index (χ0v) is 9.24. The van der Waals surface area contributed by atoms with Crippen molar-refractivity contribution in [3.8, 4) is 0 Å². The molecule has 0 atom stereocenters. The van der Waals surface area contributed by atoms with Crippen LogP contribution in [0.1, 0.15) is 5.69 Å². The maximum Gasteiger partial charge on any atom is 0.123 e. The molecular formula is C13H12N4. The summed E-state index contributed by atoms with van der Waals surface area (Å²) >= 11 is 0. The lowest BCUT2D eigenvalue weighted by Crippen LogP contribution is -2.02. The molecule has 4 nitrogen and oxygen atoms in total. The predicted molar refractivity (Wildman–Crippen MR) is 67.5 cm³/mol. The minimum absolute atomic E-state index is 0.548. The van der Waals surface area contributed by atoms with Gasteiger partial charge in [0.2, 0.25) is 0 Å². The van der Waals surface area contributed by atoms with Gasteiger partial charge in [-0.2, -0.15) is 0 Å². The molecule has 2 N–H and O–H groups in total. The summed E-state index contributed by atoms with van der Waals surface area (Å²) in [5.74, 6) is 0.548. The molecule has 0 unspecified atom stereocenters. The average Bonchev–Trinajstić information content (AvgIpc) is 2.73. The molecular weight excluding hydrogens is 212 g/mol. The summed E-state index contributed by atoms with van der Waals surface area (Å²) < 4.78 is 2.07. The van der Waals surface area contributed by atoms with Gasteiger partial charge in [-0.3, -0.25) is 0 Å². The number of imidazole rings is 1. The zero-order valence-electron chi connectivity index (χ0n) is 9.24. The molecule has 4 heteroatoms.